The monoisotopic (exact) mass is 217 g/mol. The zero-order valence-electron chi connectivity index (χ0n) is 10.2. The van der Waals surface area contributed by atoms with Crippen LogP contribution in [0.2, 0.25) is 0 Å². The van der Waals surface area contributed by atoms with Gasteiger partial charge in [0.1, 0.15) is 0 Å². The summed E-state index contributed by atoms with van der Waals surface area (Å²) in [5.74, 6) is 0.500. The highest BCUT2D eigenvalue weighted by Gasteiger charge is 2.30. The van der Waals surface area contributed by atoms with Gasteiger partial charge in [0.15, 0.2) is 0 Å². The molecule has 0 saturated heterocycles. The van der Waals surface area contributed by atoms with E-state index in [1.54, 1.807) is 0 Å². The van der Waals surface area contributed by atoms with Crippen LogP contribution in [0, 0.1) is 19.8 Å². The average molecular weight is 217 g/mol. The van der Waals surface area contributed by atoms with Crippen molar-refractivity contribution in [1.82, 2.24) is 5.32 Å². The third kappa shape index (κ3) is 2.43. The fourth-order valence-corrected chi connectivity index (χ4v) is 1.79. The van der Waals surface area contributed by atoms with Crippen LogP contribution in [0.15, 0.2) is 18.2 Å². The molecule has 1 unspecified atom stereocenters. The molecule has 1 N–H and O–H groups in total. The predicted octanol–water partition coefficient (Wildman–Crippen LogP) is 2.89. The maximum absolute atomic E-state index is 11.6. The largest absolute Gasteiger partial charge is 0.349 e. The van der Waals surface area contributed by atoms with Crippen LogP contribution in [0.25, 0.3) is 0 Å². The molecule has 0 aliphatic heterocycles. The van der Waals surface area contributed by atoms with E-state index in [0.29, 0.717) is 0 Å². The fraction of sp³-hybridized carbons (Fsp3) is 0.500. The lowest BCUT2D eigenvalue weighted by atomic mass is 10.0. The lowest BCUT2D eigenvalue weighted by Crippen LogP contribution is -2.27. The summed E-state index contributed by atoms with van der Waals surface area (Å²) in [5.41, 5.74) is 3.77. The third-order valence-electron chi connectivity index (χ3n) is 3.34. The Balaban J connectivity index is 2.04. The molecule has 0 spiro atoms. The maximum Gasteiger partial charge on any atom is 0.223 e. The van der Waals surface area contributed by atoms with Crippen LogP contribution in [0.1, 0.15) is 42.5 Å². The number of benzene rings is 1. The first-order chi connectivity index (χ1) is 7.58. The number of hydrogen-bond acceptors (Lipinski definition) is 1. The van der Waals surface area contributed by atoms with E-state index in [1.807, 2.05) is 6.92 Å². The van der Waals surface area contributed by atoms with Gasteiger partial charge in [0, 0.05) is 5.92 Å². The summed E-state index contributed by atoms with van der Waals surface area (Å²) in [5, 5.41) is 3.07. The first-order valence-corrected chi connectivity index (χ1v) is 5.95. The van der Waals surface area contributed by atoms with Crippen molar-refractivity contribution in [2.45, 2.75) is 39.7 Å². The number of carbonyl (C=O) groups excluding carboxylic acids is 1. The number of aryl methyl sites for hydroxylation is 2. The van der Waals surface area contributed by atoms with E-state index in [4.69, 9.17) is 0 Å². The minimum absolute atomic E-state index is 0.118. The second-order valence-corrected chi connectivity index (χ2v) is 4.85. The van der Waals surface area contributed by atoms with Crippen molar-refractivity contribution in [3.05, 3.63) is 34.9 Å². The minimum atomic E-state index is 0.118. The highest BCUT2D eigenvalue weighted by atomic mass is 16.2. The van der Waals surface area contributed by atoms with Crippen LogP contribution in [0.4, 0.5) is 0 Å². The fourth-order valence-electron chi connectivity index (χ4n) is 1.79. The molecule has 0 aromatic heterocycles. The van der Waals surface area contributed by atoms with Crippen molar-refractivity contribution in [2.75, 3.05) is 0 Å². The van der Waals surface area contributed by atoms with E-state index in [9.17, 15) is 4.79 Å². The first-order valence-electron chi connectivity index (χ1n) is 5.95. The number of amides is 1. The molecular formula is C14H19NO. The van der Waals surface area contributed by atoms with Gasteiger partial charge in [-0.2, -0.15) is 0 Å². The number of rotatable bonds is 3. The molecule has 1 aromatic carbocycles. The molecular weight excluding hydrogens is 198 g/mol. The van der Waals surface area contributed by atoms with Crippen molar-refractivity contribution >= 4 is 5.91 Å². The summed E-state index contributed by atoms with van der Waals surface area (Å²) in [6.07, 6.45) is 2.12. The molecule has 86 valence electrons. The van der Waals surface area contributed by atoms with Crippen molar-refractivity contribution in [3.63, 3.8) is 0 Å². The Hall–Kier alpha value is -1.31. The Bertz CT molecular complexity index is 407. The van der Waals surface area contributed by atoms with Gasteiger partial charge in [-0.05, 0) is 50.3 Å². The molecule has 16 heavy (non-hydrogen) atoms. The molecule has 0 radical (unpaired) electrons. The zero-order valence-corrected chi connectivity index (χ0v) is 10.2. The summed E-state index contributed by atoms with van der Waals surface area (Å²) in [6, 6.07) is 6.49. The molecule has 1 aromatic rings. The number of carbonyl (C=O) groups is 1. The lowest BCUT2D eigenvalue weighted by Gasteiger charge is -2.15. The van der Waals surface area contributed by atoms with Crippen molar-refractivity contribution < 1.29 is 4.79 Å². The van der Waals surface area contributed by atoms with Gasteiger partial charge in [-0.3, -0.25) is 4.79 Å². The Morgan fingerprint density at radius 1 is 1.31 bits per heavy atom. The van der Waals surface area contributed by atoms with E-state index in [1.165, 1.54) is 16.7 Å². The molecule has 1 amide bonds. The van der Waals surface area contributed by atoms with E-state index in [-0.39, 0.29) is 17.9 Å². The predicted molar refractivity (Wildman–Crippen MR) is 65.2 cm³/mol. The minimum Gasteiger partial charge on any atom is -0.349 e. The molecule has 2 heteroatoms. The Labute approximate surface area is 97.1 Å². The topological polar surface area (TPSA) is 29.1 Å². The molecule has 0 heterocycles. The van der Waals surface area contributed by atoms with Crippen LogP contribution < -0.4 is 5.32 Å². The van der Waals surface area contributed by atoms with Crippen molar-refractivity contribution in [1.29, 1.82) is 0 Å². The molecule has 1 aliphatic rings. The van der Waals surface area contributed by atoms with Gasteiger partial charge >= 0.3 is 0 Å². The van der Waals surface area contributed by atoms with Gasteiger partial charge < -0.3 is 5.32 Å². The van der Waals surface area contributed by atoms with Crippen LogP contribution in [-0.2, 0) is 4.79 Å². The molecule has 1 atom stereocenters. The van der Waals surface area contributed by atoms with Crippen LogP contribution in [-0.4, -0.2) is 5.91 Å². The lowest BCUT2D eigenvalue weighted by molar-refractivity contribution is -0.122. The highest BCUT2D eigenvalue weighted by Crippen LogP contribution is 2.29. The second-order valence-electron chi connectivity index (χ2n) is 4.85. The molecule has 1 aliphatic carbocycles. The molecule has 2 rings (SSSR count). The zero-order chi connectivity index (χ0) is 11.7. The normalized spacial score (nSPS) is 16.9. The Kier molecular flexibility index (Phi) is 2.99. The first kappa shape index (κ1) is 11.2. The van der Waals surface area contributed by atoms with Gasteiger partial charge in [0.05, 0.1) is 6.04 Å². The van der Waals surface area contributed by atoms with Gasteiger partial charge in [-0.15, -0.1) is 0 Å². The van der Waals surface area contributed by atoms with Gasteiger partial charge in [-0.1, -0.05) is 18.2 Å². The average Bonchev–Trinajstić information content (AvgIpc) is 3.05. The Morgan fingerprint density at radius 2 is 2.00 bits per heavy atom. The smallest absolute Gasteiger partial charge is 0.223 e. The molecule has 1 saturated carbocycles. The highest BCUT2D eigenvalue weighted by molar-refractivity contribution is 5.81. The number of hydrogen-bond donors (Lipinski definition) is 1. The van der Waals surface area contributed by atoms with E-state index >= 15 is 0 Å². The second kappa shape index (κ2) is 4.28. The number of nitrogens with one attached hydrogen (secondary N) is 1. The summed E-state index contributed by atoms with van der Waals surface area (Å²) in [6.45, 7) is 6.26. The van der Waals surface area contributed by atoms with Crippen LogP contribution in [0.3, 0.4) is 0 Å². The standard InChI is InChI=1S/C14H19NO/c1-9-4-5-13(8-10(9)2)11(3)15-14(16)12-6-7-12/h4-5,8,11-12H,6-7H2,1-3H3,(H,15,16). The van der Waals surface area contributed by atoms with Crippen LogP contribution >= 0.6 is 0 Å². The summed E-state index contributed by atoms with van der Waals surface area (Å²) in [7, 11) is 0. The van der Waals surface area contributed by atoms with Gasteiger partial charge in [0.25, 0.3) is 0 Å². The summed E-state index contributed by atoms with van der Waals surface area (Å²) in [4.78, 5) is 11.6. The maximum atomic E-state index is 11.6. The summed E-state index contributed by atoms with van der Waals surface area (Å²) < 4.78 is 0. The summed E-state index contributed by atoms with van der Waals surface area (Å²) >= 11 is 0. The van der Waals surface area contributed by atoms with Crippen molar-refractivity contribution in [2.24, 2.45) is 5.92 Å². The molecule has 0 bridgehead atoms. The molecule has 1 fully saturated rings. The van der Waals surface area contributed by atoms with E-state index in [2.05, 4.69) is 37.4 Å². The molecule has 2 nitrogen and oxygen atoms in total. The van der Waals surface area contributed by atoms with Gasteiger partial charge in [-0.25, -0.2) is 0 Å². The third-order valence-corrected chi connectivity index (χ3v) is 3.34. The van der Waals surface area contributed by atoms with E-state index < -0.39 is 0 Å². The Morgan fingerprint density at radius 3 is 2.56 bits per heavy atom. The van der Waals surface area contributed by atoms with Crippen LogP contribution in [0.5, 0.6) is 0 Å². The van der Waals surface area contributed by atoms with Crippen molar-refractivity contribution in [3.8, 4) is 0 Å². The quantitative estimate of drug-likeness (QED) is 0.828. The van der Waals surface area contributed by atoms with Gasteiger partial charge in [0.2, 0.25) is 5.91 Å². The SMILES string of the molecule is Cc1ccc(C(C)NC(=O)C2CC2)cc1C. The van der Waals surface area contributed by atoms with E-state index in [0.717, 1.165) is 12.8 Å².